The number of carbonyl (C=O) groups excluding carboxylic acids is 1. The molecule has 1 aliphatic rings. The summed E-state index contributed by atoms with van der Waals surface area (Å²) in [5.74, 6) is -2.58. The van der Waals surface area contributed by atoms with E-state index < -0.39 is 36.6 Å². The van der Waals surface area contributed by atoms with Crippen molar-refractivity contribution in [2.24, 2.45) is 5.14 Å². The number of rotatable bonds is 7. The number of anilines is 1. The average Bonchev–Trinajstić information content (AvgIpc) is 2.72. The first-order valence-electron chi connectivity index (χ1n) is 9.58. The lowest BCUT2D eigenvalue weighted by Gasteiger charge is -2.33. The first-order valence-corrected chi connectivity index (χ1v) is 12.6. The van der Waals surface area contributed by atoms with Crippen LogP contribution in [0.15, 0.2) is 52.3 Å². The van der Waals surface area contributed by atoms with Crippen molar-refractivity contribution in [3.63, 3.8) is 0 Å². The minimum absolute atomic E-state index is 0.0345. The Morgan fingerprint density at radius 1 is 0.938 bits per heavy atom. The van der Waals surface area contributed by atoms with Gasteiger partial charge in [0.25, 0.3) is 0 Å². The predicted octanol–water partition coefficient (Wildman–Crippen LogP) is 0.947. The molecule has 0 bridgehead atoms. The van der Waals surface area contributed by atoms with Gasteiger partial charge < -0.3 is 10.2 Å². The van der Waals surface area contributed by atoms with Gasteiger partial charge >= 0.3 is 0 Å². The number of hydrogen-bond acceptors (Lipinski definition) is 6. The van der Waals surface area contributed by atoms with Gasteiger partial charge in [-0.15, -0.1) is 0 Å². The van der Waals surface area contributed by atoms with Gasteiger partial charge in [0, 0.05) is 44.8 Å². The standard InChI is InChI=1S/C19H22F2N4O5S2/c20-16-2-1-3-17(21)19(16)32(29,30)25-12-10-24(11-13-25)9-8-18(26)23-14-4-6-15(7-5-14)31(22,27)28/h1-7H,8-13H2,(H,23,26)(H2,22,27,28). The predicted molar refractivity (Wildman–Crippen MR) is 113 cm³/mol. The molecule has 1 fully saturated rings. The fourth-order valence-corrected chi connectivity index (χ4v) is 5.31. The van der Waals surface area contributed by atoms with E-state index in [0.29, 0.717) is 25.3 Å². The van der Waals surface area contributed by atoms with Gasteiger partial charge in [-0.2, -0.15) is 4.31 Å². The lowest BCUT2D eigenvalue weighted by atomic mass is 10.3. The van der Waals surface area contributed by atoms with Crippen molar-refractivity contribution in [3.8, 4) is 0 Å². The third-order valence-electron chi connectivity index (χ3n) is 4.97. The summed E-state index contributed by atoms with van der Waals surface area (Å²) in [6, 6.07) is 8.29. The Labute approximate surface area is 184 Å². The summed E-state index contributed by atoms with van der Waals surface area (Å²) in [7, 11) is -8.13. The van der Waals surface area contributed by atoms with Crippen LogP contribution in [-0.2, 0) is 24.8 Å². The zero-order valence-electron chi connectivity index (χ0n) is 16.9. The molecule has 9 nitrogen and oxygen atoms in total. The Morgan fingerprint density at radius 3 is 2.03 bits per heavy atom. The number of benzene rings is 2. The highest BCUT2D eigenvalue weighted by Gasteiger charge is 2.33. The summed E-state index contributed by atoms with van der Waals surface area (Å²) in [6.45, 7) is 1.01. The van der Waals surface area contributed by atoms with Crippen LogP contribution in [0.1, 0.15) is 6.42 Å². The molecule has 32 heavy (non-hydrogen) atoms. The molecule has 174 valence electrons. The van der Waals surface area contributed by atoms with Crippen molar-refractivity contribution >= 4 is 31.6 Å². The van der Waals surface area contributed by atoms with Crippen molar-refractivity contribution in [2.75, 3.05) is 38.0 Å². The van der Waals surface area contributed by atoms with Crippen molar-refractivity contribution in [3.05, 3.63) is 54.1 Å². The number of carbonyl (C=O) groups is 1. The molecule has 0 atom stereocenters. The first-order chi connectivity index (χ1) is 15.0. The van der Waals surface area contributed by atoms with Crippen molar-refractivity contribution < 1.29 is 30.4 Å². The fraction of sp³-hybridized carbons (Fsp3) is 0.316. The van der Waals surface area contributed by atoms with Crippen molar-refractivity contribution in [2.45, 2.75) is 16.2 Å². The maximum Gasteiger partial charge on any atom is 0.249 e. The van der Waals surface area contributed by atoms with E-state index in [1.807, 2.05) is 4.90 Å². The molecule has 0 spiro atoms. The Bertz CT molecular complexity index is 1180. The number of hydrogen-bond donors (Lipinski definition) is 2. The summed E-state index contributed by atoms with van der Waals surface area (Å²) in [4.78, 5) is 13.0. The molecule has 0 radical (unpaired) electrons. The summed E-state index contributed by atoms with van der Waals surface area (Å²) in [6.07, 6.45) is 0.117. The quantitative estimate of drug-likeness (QED) is 0.597. The molecule has 1 aliphatic heterocycles. The van der Waals surface area contributed by atoms with E-state index in [2.05, 4.69) is 5.32 Å². The number of nitrogens with zero attached hydrogens (tertiary/aromatic N) is 2. The fourth-order valence-electron chi connectivity index (χ4n) is 3.26. The van der Waals surface area contributed by atoms with Crippen LogP contribution in [-0.4, -0.2) is 64.7 Å². The molecule has 0 aliphatic carbocycles. The van der Waals surface area contributed by atoms with Crippen LogP contribution in [0, 0.1) is 11.6 Å². The van der Waals surface area contributed by atoms with Gasteiger partial charge in [-0.3, -0.25) is 4.79 Å². The Hall–Kier alpha value is -2.45. The second-order valence-corrected chi connectivity index (χ2v) is 10.6. The molecule has 2 aromatic carbocycles. The zero-order chi connectivity index (χ0) is 23.5. The van der Waals surface area contributed by atoms with E-state index in [-0.39, 0.29) is 30.3 Å². The SMILES string of the molecule is NS(=O)(=O)c1ccc(NC(=O)CCN2CCN(S(=O)(=O)c3c(F)cccc3F)CC2)cc1. The maximum atomic E-state index is 13.9. The van der Waals surface area contributed by atoms with Crippen LogP contribution in [0.3, 0.4) is 0 Å². The number of piperazine rings is 1. The van der Waals surface area contributed by atoms with Crippen LogP contribution in [0.2, 0.25) is 0 Å². The molecular weight excluding hydrogens is 466 g/mol. The van der Waals surface area contributed by atoms with Gasteiger partial charge in [0.1, 0.15) is 11.6 Å². The Kier molecular flexibility index (Phi) is 7.25. The Balaban J connectivity index is 1.50. The number of primary sulfonamides is 1. The highest BCUT2D eigenvalue weighted by molar-refractivity contribution is 7.89. The largest absolute Gasteiger partial charge is 0.326 e. The molecule has 1 saturated heterocycles. The lowest BCUT2D eigenvalue weighted by Crippen LogP contribution is -2.49. The minimum Gasteiger partial charge on any atom is -0.326 e. The Morgan fingerprint density at radius 2 is 1.50 bits per heavy atom. The summed E-state index contributed by atoms with van der Waals surface area (Å²) >= 11 is 0. The number of nitrogens with one attached hydrogen (secondary N) is 1. The maximum absolute atomic E-state index is 13.9. The van der Waals surface area contributed by atoms with Gasteiger partial charge in [-0.1, -0.05) is 6.07 Å². The molecule has 3 rings (SSSR count). The van der Waals surface area contributed by atoms with Crippen LogP contribution in [0.4, 0.5) is 14.5 Å². The van der Waals surface area contributed by atoms with Gasteiger partial charge in [0.2, 0.25) is 26.0 Å². The summed E-state index contributed by atoms with van der Waals surface area (Å²) in [5.41, 5.74) is 0.408. The average molecular weight is 489 g/mol. The number of sulfonamides is 2. The molecule has 13 heteroatoms. The van der Waals surface area contributed by atoms with E-state index >= 15 is 0 Å². The third kappa shape index (κ3) is 5.66. The molecular formula is C19H22F2N4O5S2. The zero-order valence-corrected chi connectivity index (χ0v) is 18.5. The lowest BCUT2D eigenvalue weighted by molar-refractivity contribution is -0.116. The topological polar surface area (TPSA) is 130 Å². The summed E-state index contributed by atoms with van der Waals surface area (Å²) < 4.78 is 76.6. The van der Waals surface area contributed by atoms with E-state index in [9.17, 15) is 30.4 Å². The molecule has 0 saturated carbocycles. The molecule has 0 aromatic heterocycles. The number of amides is 1. The summed E-state index contributed by atoms with van der Waals surface area (Å²) in [5, 5.41) is 7.66. The van der Waals surface area contributed by atoms with Crippen LogP contribution in [0.25, 0.3) is 0 Å². The van der Waals surface area contributed by atoms with Crippen molar-refractivity contribution in [1.29, 1.82) is 0 Å². The monoisotopic (exact) mass is 488 g/mol. The van der Waals surface area contributed by atoms with E-state index in [0.717, 1.165) is 22.5 Å². The van der Waals surface area contributed by atoms with Gasteiger partial charge in [-0.05, 0) is 36.4 Å². The highest BCUT2D eigenvalue weighted by atomic mass is 32.2. The van der Waals surface area contributed by atoms with Gasteiger partial charge in [0.05, 0.1) is 4.90 Å². The molecule has 0 unspecified atom stereocenters. The second kappa shape index (κ2) is 9.58. The van der Waals surface area contributed by atoms with Gasteiger partial charge in [0.15, 0.2) is 4.90 Å². The molecule has 1 amide bonds. The number of nitrogens with two attached hydrogens (primary N) is 1. The highest BCUT2D eigenvalue weighted by Crippen LogP contribution is 2.23. The van der Waals surface area contributed by atoms with E-state index in [1.54, 1.807) is 0 Å². The van der Waals surface area contributed by atoms with Crippen LogP contribution < -0.4 is 10.5 Å². The van der Waals surface area contributed by atoms with E-state index in [4.69, 9.17) is 5.14 Å². The second-order valence-electron chi connectivity index (χ2n) is 7.16. The van der Waals surface area contributed by atoms with E-state index in [1.165, 1.54) is 24.3 Å². The van der Waals surface area contributed by atoms with Crippen molar-refractivity contribution in [1.82, 2.24) is 9.21 Å². The normalized spacial score (nSPS) is 16.1. The van der Waals surface area contributed by atoms with Crippen LogP contribution >= 0.6 is 0 Å². The van der Waals surface area contributed by atoms with Gasteiger partial charge in [-0.25, -0.2) is 30.8 Å². The first kappa shape index (κ1) is 24.2. The number of halogens is 2. The molecule has 2 aromatic rings. The third-order valence-corrected chi connectivity index (χ3v) is 7.85. The molecule has 1 heterocycles. The molecule has 3 N–H and O–H groups in total. The smallest absolute Gasteiger partial charge is 0.249 e. The minimum atomic E-state index is -4.31. The van der Waals surface area contributed by atoms with Crippen LogP contribution in [0.5, 0.6) is 0 Å².